The van der Waals surface area contributed by atoms with Crippen LogP contribution in [0.5, 0.6) is 0 Å². The SMILES string of the molecule is CCc1ccc2[nH]c(-c3cccc4cccnc34)c(CCCCN)c2c1. The number of para-hydroxylation sites is 1. The summed E-state index contributed by atoms with van der Waals surface area (Å²) in [5, 5.41) is 2.51. The minimum Gasteiger partial charge on any atom is -0.354 e. The molecule has 2 heterocycles. The van der Waals surface area contributed by atoms with Crippen molar-refractivity contribution < 1.29 is 0 Å². The molecule has 0 unspecified atom stereocenters. The van der Waals surface area contributed by atoms with Gasteiger partial charge in [0.2, 0.25) is 0 Å². The number of benzene rings is 2. The zero-order chi connectivity index (χ0) is 17.9. The Hall–Kier alpha value is -2.65. The molecule has 0 radical (unpaired) electrons. The second-order valence-electron chi connectivity index (χ2n) is 6.84. The lowest BCUT2D eigenvalue weighted by Crippen LogP contribution is -1.99. The van der Waals surface area contributed by atoms with Crippen LogP contribution in [-0.2, 0) is 12.8 Å². The van der Waals surface area contributed by atoms with Crippen LogP contribution in [0.4, 0.5) is 0 Å². The first-order valence-electron chi connectivity index (χ1n) is 9.49. The molecule has 0 spiro atoms. The van der Waals surface area contributed by atoms with Crippen molar-refractivity contribution in [3.05, 3.63) is 65.9 Å². The number of H-pyrrole nitrogens is 1. The molecular formula is C23H25N3. The minimum atomic E-state index is 0.744. The summed E-state index contributed by atoms with van der Waals surface area (Å²) in [7, 11) is 0. The second kappa shape index (κ2) is 7.30. The summed E-state index contributed by atoms with van der Waals surface area (Å²) in [5.41, 5.74) is 13.1. The van der Waals surface area contributed by atoms with Gasteiger partial charge in [0.05, 0.1) is 11.2 Å². The Balaban J connectivity index is 1.94. The van der Waals surface area contributed by atoms with Crippen LogP contribution in [0.15, 0.2) is 54.7 Å². The average molecular weight is 343 g/mol. The molecule has 3 nitrogen and oxygen atoms in total. The largest absolute Gasteiger partial charge is 0.354 e. The number of aromatic nitrogens is 2. The zero-order valence-corrected chi connectivity index (χ0v) is 15.3. The first-order chi connectivity index (χ1) is 12.8. The van der Waals surface area contributed by atoms with Gasteiger partial charge in [-0.25, -0.2) is 0 Å². The van der Waals surface area contributed by atoms with Crippen molar-refractivity contribution in [1.82, 2.24) is 9.97 Å². The monoisotopic (exact) mass is 343 g/mol. The molecule has 26 heavy (non-hydrogen) atoms. The fourth-order valence-corrected chi connectivity index (χ4v) is 3.76. The molecule has 3 N–H and O–H groups in total. The molecule has 0 saturated heterocycles. The van der Waals surface area contributed by atoms with E-state index < -0.39 is 0 Å². The van der Waals surface area contributed by atoms with Crippen molar-refractivity contribution in [3.63, 3.8) is 0 Å². The molecule has 0 fully saturated rings. The van der Waals surface area contributed by atoms with Crippen LogP contribution in [0.3, 0.4) is 0 Å². The summed E-state index contributed by atoms with van der Waals surface area (Å²) < 4.78 is 0. The van der Waals surface area contributed by atoms with Gasteiger partial charge in [-0.15, -0.1) is 0 Å². The average Bonchev–Trinajstić information content (AvgIpc) is 3.05. The van der Waals surface area contributed by atoms with Crippen LogP contribution in [0.25, 0.3) is 33.1 Å². The van der Waals surface area contributed by atoms with Gasteiger partial charge in [0.15, 0.2) is 0 Å². The molecule has 2 aromatic heterocycles. The predicted molar refractivity (Wildman–Crippen MR) is 110 cm³/mol. The fraction of sp³-hybridized carbons (Fsp3) is 0.261. The maximum Gasteiger partial charge on any atom is 0.0795 e. The highest BCUT2D eigenvalue weighted by molar-refractivity contribution is 5.98. The Bertz CT molecular complexity index is 1040. The Morgan fingerprint density at radius 1 is 1.04 bits per heavy atom. The van der Waals surface area contributed by atoms with Crippen molar-refractivity contribution in [2.75, 3.05) is 6.54 Å². The van der Waals surface area contributed by atoms with Gasteiger partial charge in [-0.05, 0) is 61.6 Å². The summed E-state index contributed by atoms with van der Waals surface area (Å²) in [5.74, 6) is 0. The van der Waals surface area contributed by atoms with Crippen LogP contribution < -0.4 is 5.73 Å². The van der Waals surface area contributed by atoms with Gasteiger partial charge in [-0.3, -0.25) is 4.98 Å². The first kappa shape index (κ1) is 16.8. The molecule has 4 rings (SSSR count). The Labute approximate surface area is 154 Å². The highest BCUT2D eigenvalue weighted by atomic mass is 14.7. The van der Waals surface area contributed by atoms with E-state index in [9.17, 15) is 0 Å². The van der Waals surface area contributed by atoms with Crippen LogP contribution in [0, 0.1) is 0 Å². The van der Waals surface area contributed by atoms with E-state index in [1.165, 1.54) is 38.7 Å². The number of hydrogen-bond acceptors (Lipinski definition) is 2. The van der Waals surface area contributed by atoms with Crippen LogP contribution in [0.1, 0.15) is 30.9 Å². The van der Waals surface area contributed by atoms with Crippen molar-refractivity contribution in [2.45, 2.75) is 32.6 Å². The molecule has 0 aliphatic heterocycles. The van der Waals surface area contributed by atoms with E-state index in [0.717, 1.165) is 37.7 Å². The smallest absolute Gasteiger partial charge is 0.0795 e. The van der Waals surface area contributed by atoms with Gasteiger partial charge in [0.25, 0.3) is 0 Å². The molecule has 0 saturated carbocycles. The van der Waals surface area contributed by atoms with E-state index in [1.54, 1.807) is 0 Å². The molecule has 0 atom stereocenters. The number of fused-ring (bicyclic) bond motifs is 2. The van der Waals surface area contributed by atoms with Crippen molar-refractivity contribution in [2.24, 2.45) is 5.73 Å². The van der Waals surface area contributed by atoms with Gasteiger partial charge >= 0.3 is 0 Å². The standard InChI is InChI=1S/C23H25N3/c1-2-16-11-12-21-20(15-16)18(9-3-4-13-24)23(26-21)19-10-5-7-17-8-6-14-25-22(17)19/h5-8,10-12,14-15,26H,2-4,9,13,24H2,1H3. The third-order valence-electron chi connectivity index (χ3n) is 5.16. The Morgan fingerprint density at radius 3 is 2.77 bits per heavy atom. The minimum absolute atomic E-state index is 0.744. The number of pyridine rings is 1. The van der Waals surface area contributed by atoms with E-state index in [0.29, 0.717) is 0 Å². The van der Waals surface area contributed by atoms with E-state index in [-0.39, 0.29) is 0 Å². The number of nitrogens with zero attached hydrogens (tertiary/aromatic N) is 1. The van der Waals surface area contributed by atoms with Crippen molar-refractivity contribution in [1.29, 1.82) is 0 Å². The van der Waals surface area contributed by atoms with Crippen LogP contribution in [0.2, 0.25) is 0 Å². The van der Waals surface area contributed by atoms with Crippen molar-refractivity contribution >= 4 is 21.8 Å². The van der Waals surface area contributed by atoms with Crippen LogP contribution >= 0.6 is 0 Å². The number of unbranched alkanes of at least 4 members (excludes halogenated alkanes) is 1. The molecule has 132 valence electrons. The quantitative estimate of drug-likeness (QED) is 0.471. The van der Waals surface area contributed by atoms with Gasteiger partial charge < -0.3 is 10.7 Å². The van der Waals surface area contributed by atoms with Gasteiger partial charge in [-0.1, -0.05) is 37.3 Å². The topological polar surface area (TPSA) is 54.7 Å². The molecule has 3 heteroatoms. The summed E-state index contributed by atoms with van der Waals surface area (Å²) in [6, 6.07) is 17.3. The van der Waals surface area contributed by atoms with E-state index in [2.05, 4.69) is 59.4 Å². The van der Waals surface area contributed by atoms with E-state index in [4.69, 9.17) is 5.73 Å². The normalized spacial score (nSPS) is 11.5. The molecular weight excluding hydrogens is 318 g/mol. The molecule has 2 aromatic carbocycles. The zero-order valence-electron chi connectivity index (χ0n) is 15.3. The number of nitrogens with two attached hydrogens (primary N) is 1. The molecule has 0 amide bonds. The summed E-state index contributed by atoms with van der Waals surface area (Å²) >= 11 is 0. The number of aryl methyl sites for hydroxylation is 2. The lowest BCUT2D eigenvalue weighted by atomic mass is 9.97. The number of nitrogens with one attached hydrogen (secondary N) is 1. The fourth-order valence-electron chi connectivity index (χ4n) is 3.76. The molecule has 0 aliphatic carbocycles. The Kier molecular flexibility index (Phi) is 4.72. The lowest BCUT2D eigenvalue weighted by molar-refractivity contribution is 0.748. The third-order valence-corrected chi connectivity index (χ3v) is 5.16. The van der Waals surface area contributed by atoms with Crippen molar-refractivity contribution in [3.8, 4) is 11.3 Å². The predicted octanol–water partition coefficient (Wildman–Crippen LogP) is 5.23. The second-order valence-corrected chi connectivity index (χ2v) is 6.84. The maximum absolute atomic E-state index is 5.73. The summed E-state index contributed by atoms with van der Waals surface area (Å²) in [4.78, 5) is 8.34. The van der Waals surface area contributed by atoms with Gasteiger partial charge in [-0.2, -0.15) is 0 Å². The first-order valence-corrected chi connectivity index (χ1v) is 9.49. The van der Waals surface area contributed by atoms with E-state index >= 15 is 0 Å². The summed E-state index contributed by atoms with van der Waals surface area (Å²) in [6.45, 7) is 2.95. The molecule has 0 aliphatic rings. The number of hydrogen-bond donors (Lipinski definition) is 2. The highest BCUT2D eigenvalue weighted by Crippen LogP contribution is 2.35. The maximum atomic E-state index is 5.73. The number of rotatable bonds is 6. The lowest BCUT2D eigenvalue weighted by Gasteiger charge is -2.08. The third kappa shape index (κ3) is 2.99. The molecule has 4 aromatic rings. The van der Waals surface area contributed by atoms with E-state index in [1.807, 2.05) is 12.3 Å². The summed E-state index contributed by atoms with van der Waals surface area (Å²) in [6.07, 6.45) is 6.10. The molecule has 0 bridgehead atoms. The van der Waals surface area contributed by atoms with Crippen LogP contribution in [-0.4, -0.2) is 16.5 Å². The number of aromatic amines is 1. The van der Waals surface area contributed by atoms with Gasteiger partial charge in [0, 0.05) is 28.0 Å². The highest BCUT2D eigenvalue weighted by Gasteiger charge is 2.15. The van der Waals surface area contributed by atoms with Gasteiger partial charge in [0.1, 0.15) is 0 Å². The Morgan fingerprint density at radius 2 is 1.92 bits per heavy atom.